The fourth-order valence-electron chi connectivity index (χ4n) is 2.77. The van der Waals surface area contributed by atoms with E-state index < -0.39 is 15.8 Å². The van der Waals surface area contributed by atoms with Crippen molar-refractivity contribution in [2.24, 2.45) is 5.92 Å². The molecule has 0 saturated carbocycles. The molecule has 1 amide bonds. The van der Waals surface area contributed by atoms with E-state index in [0.29, 0.717) is 18.8 Å². The first-order valence-electron chi connectivity index (χ1n) is 9.54. The molecule has 1 N–H and O–H groups in total. The molecule has 0 heterocycles. The minimum Gasteiger partial charge on any atom is -0.455 e. The van der Waals surface area contributed by atoms with Crippen molar-refractivity contribution in [3.05, 3.63) is 48.3 Å². The minimum absolute atomic E-state index is 0.0625. The Balaban J connectivity index is 2.44. The quantitative estimate of drug-likeness (QED) is 0.639. The third-order valence-corrected chi connectivity index (χ3v) is 6.25. The number of nitrogens with one attached hydrogen (secondary N) is 1. The normalized spacial score (nSPS) is 11.7. The van der Waals surface area contributed by atoms with Crippen LogP contribution >= 0.6 is 0 Å². The molecule has 0 bridgehead atoms. The van der Waals surface area contributed by atoms with Crippen LogP contribution in [-0.4, -0.2) is 31.7 Å². The highest BCUT2D eigenvalue weighted by Crippen LogP contribution is 2.33. The van der Waals surface area contributed by atoms with Gasteiger partial charge in [0.15, 0.2) is 5.75 Å². The van der Waals surface area contributed by atoms with Crippen LogP contribution in [0.5, 0.6) is 11.5 Å². The average Bonchev–Trinajstić information content (AvgIpc) is 2.65. The lowest BCUT2D eigenvalue weighted by Crippen LogP contribution is -2.30. The number of carbonyl (C=O) groups is 1. The van der Waals surface area contributed by atoms with E-state index in [-0.39, 0.29) is 34.6 Å². The van der Waals surface area contributed by atoms with Gasteiger partial charge in [-0.05, 0) is 48.4 Å². The Morgan fingerprint density at radius 1 is 1.10 bits per heavy atom. The number of carbonyl (C=O) groups excluding carboxylic acids is 1. The van der Waals surface area contributed by atoms with Gasteiger partial charge < -0.3 is 10.1 Å². The number of hydrogen-bond acceptors (Lipinski definition) is 4. The van der Waals surface area contributed by atoms with Crippen LogP contribution in [-0.2, 0) is 14.8 Å². The molecule has 0 aliphatic heterocycles. The van der Waals surface area contributed by atoms with Gasteiger partial charge in [-0.25, -0.2) is 12.8 Å². The first-order valence-corrected chi connectivity index (χ1v) is 11.0. The second kappa shape index (κ2) is 9.84. The third kappa shape index (κ3) is 6.01. The highest BCUT2D eigenvalue weighted by molar-refractivity contribution is 7.89. The summed E-state index contributed by atoms with van der Waals surface area (Å²) in [6, 6.07) is 9.74. The smallest absolute Gasteiger partial charge is 0.243 e. The summed E-state index contributed by atoms with van der Waals surface area (Å²) in [5.41, 5.74) is 0.244. The van der Waals surface area contributed by atoms with Crippen LogP contribution in [0.2, 0.25) is 0 Å². The lowest BCUT2D eigenvalue weighted by Gasteiger charge is -2.20. The molecule has 0 fully saturated rings. The maximum atomic E-state index is 13.1. The number of anilines is 1. The number of benzene rings is 2. The van der Waals surface area contributed by atoms with Gasteiger partial charge in [0.2, 0.25) is 15.9 Å². The van der Waals surface area contributed by atoms with Gasteiger partial charge in [-0.1, -0.05) is 27.7 Å². The maximum absolute atomic E-state index is 13.1. The Bertz CT molecular complexity index is 940. The van der Waals surface area contributed by atoms with Crippen LogP contribution in [0.25, 0.3) is 0 Å². The van der Waals surface area contributed by atoms with Crippen molar-refractivity contribution in [3.63, 3.8) is 0 Å². The number of ether oxygens (including phenoxy) is 1. The summed E-state index contributed by atoms with van der Waals surface area (Å²) in [6.07, 6.45) is 0.281. The number of amides is 1. The number of rotatable bonds is 9. The molecular formula is C21H27FN2O4S. The van der Waals surface area contributed by atoms with Crippen molar-refractivity contribution in [3.8, 4) is 11.5 Å². The molecule has 0 atom stereocenters. The van der Waals surface area contributed by atoms with Gasteiger partial charge in [0.25, 0.3) is 0 Å². The standard InChI is InChI=1S/C21H27FN2O4S/c1-5-24(6-2)29(26,27)18-11-12-20(28-17-9-7-16(22)8-10-17)19(14-18)23-21(25)13-15(3)4/h7-12,14-15H,5-6,13H2,1-4H3,(H,23,25). The van der Waals surface area contributed by atoms with Crippen molar-refractivity contribution in [1.82, 2.24) is 4.31 Å². The van der Waals surface area contributed by atoms with Gasteiger partial charge in [-0.3, -0.25) is 4.79 Å². The predicted molar refractivity (Wildman–Crippen MR) is 111 cm³/mol. The Kier molecular flexibility index (Phi) is 7.75. The van der Waals surface area contributed by atoms with Gasteiger partial charge in [-0.15, -0.1) is 0 Å². The highest BCUT2D eigenvalue weighted by Gasteiger charge is 2.23. The number of sulfonamides is 1. The lowest BCUT2D eigenvalue weighted by atomic mass is 10.1. The molecule has 2 aromatic carbocycles. The second-order valence-electron chi connectivity index (χ2n) is 6.95. The van der Waals surface area contributed by atoms with Gasteiger partial charge >= 0.3 is 0 Å². The predicted octanol–water partition coefficient (Wildman–Crippen LogP) is 4.63. The SMILES string of the molecule is CCN(CC)S(=O)(=O)c1ccc(Oc2ccc(F)cc2)c(NC(=O)CC(C)C)c1. The van der Waals surface area contributed by atoms with Crippen LogP contribution in [0, 0.1) is 11.7 Å². The minimum atomic E-state index is -3.70. The van der Waals surface area contributed by atoms with Gasteiger partial charge in [0.05, 0.1) is 10.6 Å². The number of nitrogens with zero attached hydrogens (tertiary/aromatic N) is 1. The molecule has 0 unspecified atom stereocenters. The van der Waals surface area contributed by atoms with Crippen molar-refractivity contribution < 1.29 is 22.3 Å². The molecule has 0 aliphatic carbocycles. The van der Waals surface area contributed by atoms with E-state index in [1.165, 1.54) is 46.8 Å². The average molecular weight is 423 g/mol. The molecule has 0 spiro atoms. The molecule has 158 valence electrons. The Labute approximate surface area is 171 Å². The van der Waals surface area contributed by atoms with Crippen molar-refractivity contribution >= 4 is 21.6 Å². The summed E-state index contributed by atoms with van der Waals surface area (Å²) >= 11 is 0. The summed E-state index contributed by atoms with van der Waals surface area (Å²) in [6.45, 7) is 8.02. The van der Waals surface area contributed by atoms with E-state index in [4.69, 9.17) is 4.74 Å². The zero-order valence-electron chi connectivity index (χ0n) is 17.1. The van der Waals surface area contributed by atoms with Crippen molar-refractivity contribution in [2.45, 2.75) is 39.0 Å². The van der Waals surface area contributed by atoms with Crippen LogP contribution in [0.15, 0.2) is 47.4 Å². The molecule has 0 aromatic heterocycles. The largest absolute Gasteiger partial charge is 0.455 e. The maximum Gasteiger partial charge on any atom is 0.243 e. The Morgan fingerprint density at radius 2 is 1.72 bits per heavy atom. The fourth-order valence-corrected chi connectivity index (χ4v) is 4.26. The van der Waals surface area contributed by atoms with Crippen LogP contribution in [0.1, 0.15) is 34.1 Å². The third-order valence-electron chi connectivity index (χ3n) is 4.20. The van der Waals surface area contributed by atoms with Crippen LogP contribution in [0.3, 0.4) is 0 Å². The van der Waals surface area contributed by atoms with Gasteiger partial charge in [0, 0.05) is 19.5 Å². The summed E-state index contributed by atoms with van der Waals surface area (Å²) < 4.78 is 45.9. The highest BCUT2D eigenvalue weighted by atomic mass is 32.2. The van der Waals surface area contributed by atoms with Gasteiger partial charge in [0.1, 0.15) is 11.6 Å². The Hall–Kier alpha value is -2.45. The van der Waals surface area contributed by atoms with E-state index in [0.717, 1.165) is 0 Å². The summed E-state index contributed by atoms with van der Waals surface area (Å²) in [4.78, 5) is 12.4. The molecule has 8 heteroatoms. The number of hydrogen-bond donors (Lipinski definition) is 1. The molecule has 6 nitrogen and oxygen atoms in total. The van der Waals surface area contributed by atoms with Crippen molar-refractivity contribution in [2.75, 3.05) is 18.4 Å². The first kappa shape index (κ1) is 22.8. The molecular weight excluding hydrogens is 395 g/mol. The Morgan fingerprint density at radius 3 is 2.28 bits per heavy atom. The summed E-state index contributed by atoms with van der Waals surface area (Å²) in [5.74, 6) is 0.126. The number of halogens is 1. The van der Waals surface area contributed by atoms with Gasteiger partial charge in [-0.2, -0.15) is 4.31 Å². The zero-order chi connectivity index (χ0) is 21.6. The molecule has 2 rings (SSSR count). The fraction of sp³-hybridized carbons (Fsp3) is 0.381. The van der Waals surface area contributed by atoms with E-state index >= 15 is 0 Å². The van der Waals surface area contributed by atoms with E-state index in [1.807, 2.05) is 13.8 Å². The monoisotopic (exact) mass is 422 g/mol. The molecule has 0 radical (unpaired) electrons. The summed E-state index contributed by atoms with van der Waals surface area (Å²) in [7, 11) is -3.70. The summed E-state index contributed by atoms with van der Waals surface area (Å²) in [5, 5.41) is 2.74. The second-order valence-corrected chi connectivity index (χ2v) is 8.89. The van der Waals surface area contributed by atoms with E-state index in [2.05, 4.69) is 5.32 Å². The molecule has 29 heavy (non-hydrogen) atoms. The van der Waals surface area contributed by atoms with E-state index in [9.17, 15) is 17.6 Å². The zero-order valence-corrected chi connectivity index (χ0v) is 17.9. The first-order chi connectivity index (χ1) is 13.7. The molecule has 0 aliphatic rings. The van der Waals surface area contributed by atoms with Crippen molar-refractivity contribution in [1.29, 1.82) is 0 Å². The van der Waals surface area contributed by atoms with Crippen LogP contribution in [0.4, 0.5) is 10.1 Å². The van der Waals surface area contributed by atoms with E-state index in [1.54, 1.807) is 13.8 Å². The topological polar surface area (TPSA) is 75.7 Å². The molecule has 2 aromatic rings. The van der Waals surface area contributed by atoms with Crippen LogP contribution < -0.4 is 10.1 Å². The molecule has 0 saturated heterocycles. The lowest BCUT2D eigenvalue weighted by molar-refractivity contribution is -0.116.